The van der Waals surface area contributed by atoms with Crippen molar-refractivity contribution in [3.63, 3.8) is 0 Å². The Labute approximate surface area is 138 Å². The van der Waals surface area contributed by atoms with Crippen LogP contribution < -0.4 is 5.32 Å². The predicted molar refractivity (Wildman–Crippen MR) is 91.9 cm³/mol. The first-order valence-corrected chi connectivity index (χ1v) is 8.59. The SMILES string of the molecule is CCCCOCCCNC(=O)c1c(CCC)nc2ccccn12. The van der Waals surface area contributed by atoms with Gasteiger partial charge >= 0.3 is 0 Å². The number of hydrogen-bond acceptors (Lipinski definition) is 3. The van der Waals surface area contributed by atoms with Crippen LogP contribution in [0.25, 0.3) is 5.65 Å². The van der Waals surface area contributed by atoms with E-state index < -0.39 is 0 Å². The van der Waals surface area contributed by atoms with Crippen molar-refractivity contribution in [3.05, 3.63) is 35.8 Å². The molecule has 0 aliphatic heterocycles. The Balaban J connectivity index is 1.93. The lowest BCUT2D eigenvalue weighted by Gasteiger charge is -2.07. The van der Waals surface area contributed by atoms with Gasteiger partial charge in [-0.05, 0) is 31.4 Å². The first-order chi connectivity index (χ1) is 11.3. The van der Waals surface area contributed by atoms with Gasteiger partial charge in [-0.25, -0.2) is 4.98 Å². The number of nitrogens with zero attached hydrogens (tertiary/aromatic N) is 2. The minimum absolute atomic E-state index is 0.0549. The molecule has 2 aromatic heterocycles. The van der Waals surface area contributed by atoms with E-state index in [9.17, 15) is 4.79 Å². The van der Waals surface area contributed by atoms with Gasteiger partial charge in [0.25, 0.3) is 5.91 Å². The van der Waals surface area contributed by atoms with E-state index in [1.165, 1.54) is 0 Å². The highest BCUT2D eigenvalue weighted by Crippen LogP contribution is 2.14. The quantitative estimate of drug-likeness (QED) is 0.685. The lowest BCUT2D eigenvalue weighted by Crippen LogP contribution is -2.27. The molecule has 0 aliphatic rings. The standard InChI is InChI=1S/C18H27N3O2/c1-3-5-13-23-14-8-11-19-18(22)17-15(9-4-2)20-16-10-6-7-12-21(16)17/h6-7,10,12H,3-5,8-9,11,13-14H2,1-2H3,(H,19,22). The molecule has 0 radical (unpaired) electrons. The number of unbranched alkanes of at least 4 members (excludes halogenated alkanes) is 1. The van der Waals surface area contributed by atoms with Gasteiger partial charge in [0.15, 0.2) is 0 Å². The van der Waals surface area contributed by atoms with Crippen LogP contribution in [0.2, 0.25) is 0 Å². The number of carbonyl (C=O) groups excluding carboxylic acids is 1. The summed E-state index contributed by atoms with van der Waals surface area (Å²) in [6.07, 6.45) is 6.74. The van der Waals surface area contributed by atoms with E-state index in [2.05, 4.69) is 24.1 Å². The number of rotatable bonds is 10. The first kappa shape index (κ1) is 17.5. The summed E-state index contributed by atoms with van der Waals surface area (Å²) in [5, 5.41) is 2.99. The predicted octanol–water partition coefficient (Wildman–Crippen LogP) is 3.22. The van der Waals surface area contributed by atoms with Gasteiger partial charge < -0.3 is 10.1 Å². The number of fused-ring (bicyclic) bond motifs is 1. The molecule has 0 saturated heterocycles. The highest BCUT2D eigenvalue weighted by molar-refractivity contribution is 5.94. The van der Waals surface area contributed by atoms with E-state index in [1.807, 2.05) is 28.8 Å². The lowest BCUT2D eigenvalue weighted by atomic mass is 10.2. The largest absolute Gasteiger partial charge is 0.381 e. The molecule has 23 heavy (non-hydrogen) atoms. The number of aromatic nitrogens is 2. The van der Waals surface area contributed by atoms with E-state index in [0.717, 1.165) is 50.1 Å². The fourth-order valence-corrected chi connectivity index (χ4v) is 2.50. The third-order valence-corrected chi connectivity index (χ3v) is 3.70. The molecule has 5 heteroatoms. The molecule has 2 rings (SSSR count). The van der Waals surface area contributed by atoms with Crippen LogP contribution in [-0.2, 0) is 11.2 Å². The zero-order chi connectivity index (χ0) is 16.5. The van der Waals surface area contributed by atoms with Crippen LogP contribution in [-0.4, -0.2) is 35.1 Å². The minimum atomic E-state index is -0.0549. The summed E-state index contributed by atoms with van der Waals surface area (Å²) in [6, 6.07) is 5.79. The Bertz CT molecular complexity index is 622. The Morgan fingerprint density at radius 3 is 2.83 bits per heavy atom. The molecule has 0 saturated carbocycles. The number of aryl methyl sites for hydroxylation is 1. The summed E-state index contributed by atoms with van der Waals surface area (Å²) >= 11 is 0. The molecule has 2 aromatic rings. The van der Waals surface area contributed by atoms with E-state index in [0.29, 0.717) is 18.8 Å². The molecule has 1 N–H and O–H groups in total. The molecule has 2 heterocycles. The summed E-state index contributed by atoms with van der Waals surface area (Å²) < 4.78 is 7.38. The fourth-order valence-electron chi connectivity index (χ4n) is 2.50. The molecule has 5 nitrogen and oxygen atoms in total. The molecule has 0 unspecified atom stereocenters. The average molecular weight is 317 g/mol. The van der Waals surface area contributed by atoms with Crippen LogP contribution >= 0.6 is 0 Å². The molecular formula is C18H27N3O2. The summed E-state index contributed by atoms with van der Waals surface area (Å²) in [4.78, 5) is 17.1. The summed E-state index contributed by atoms with van der Waals surface area (Å²) in [5.74, 6) is -0.0549. The van der Waals surface area contributed by atoms with Gasteiger partial charge in [0.05, 0.1) is 5.69 Å². The van der Waals surface area contributed by atoms with Crippen molar-refractivity contribution in [2.45, 2.75) is 46.0 Å². The number of ether oxygens (including phenoxy) is 1. The second-order valence-corrected chi connectivity index (χ2v) is 5.66. The van der Waals surface area contributed by atoms with Crippen molar-refractivity contribution in [2.24, 2.45) is 0 Å². The summed E-state index contributed by atoms with van der Waals surface area (Å²) in [7, 11) is 0. The number of hydrogen-bond donors (Lipinski definition) is 1. The maximum atomic E-state index is 12.5. The van der Waals surface area contributed by atoms with E-state index in [1.54, 1.807) is 0 Å². The number of nitrogens with one attached hydrogen (secondary N) is 1. The van der Waals surface area contributed by atoms with E-state index in [-0.39, 0.29) is 5.91 Å². The monoisotopic (exact) mass is 317 g/mol. The van der Waals surface area contributed by atoms with Crippen LogP contribution in [0, 0.1) is 0 Å². The van der Waals surface area contributed by atoms with Crippen molar-refractivity contribution >= 4 is 11.6 Å². The van der Waals surface area contributed by atoms with Crippen molar-refractivity contribution in [2.75, 3.05) is 19.8 Å². The van der Waals surface area contributed by atoms with Gasteiger partial charge in [-0.2, -0.15) is 0 Å². The molecule has 1 amide bonds. The molecule has 0 spiro atoms. The summed E-state index contributed by atoms with van der Waals surface area (Å²) in [5.41, 5.74) is 2.36. The molecule has 0 bridgehead atoms. The molecule has 0 aliphatic carbocycles. The van der Waals surface area contributed by atoms with Gasteiger partial charge in [-0.3, -0.25) is 9.20 Å². The van der Waals surface area contributed by atoms with Crippen LogP contribution in [0.4, 0.5) is 0 Å². The minimum Gasteiger partial charge on any atom is -0.381 e. The lowest BCUT2D eigenvalue weighted by molar-refractivity contribution is 0.0933. The average Bonchev–Trinajstić information content (AvgIpc) is 2.92. The highest BCUT2D eigenvalue weighted by Gasteiger charge is 2.17. The van der Waals surface area contributed by atoms with Crippen molar-refractivity contribution in [3.8, 4) is 0 Å². The second-order valence-electron chi connectivity index (χ2n) is 5.66. The number of imidazole rings is 1. The molecular weight excluding hydrogens is 290 g/mol. The maximum Gasteiger partial charge on any atom is 0.270 e. The van der Waals surface area contributed by atoms with Crippen LogP contribution in [0.15, 0.2) is 24.4 Å². The smallest absolute Gasteiger partial charge is 0.270 e. The first-order valence-electron chi connectivity index (χ1n) is 8.59. The van der Waals surface area contributed by atoms with Gasteiger partial charge in [-0.1, -0.05) is 32.8 Å². The van der Waals surface area contributed by atoms with Crippen molar-refractivity contribution in [1.82, 2.24) is 14.7 Å². The fraction of sp³-hybridized carbons (Fsp3) is 0.556. The number of pyridine rings is 1. The molecule has 126 valence electrons. The number of amides is 1. The van der Waals surface area contributed by atoms with Crippen molar-refractivity contribution in [1.29, 1.82) is 0 Å². The van der Waals surface area contributed by atoms with Gasteiger partial charge in [-0.15, -0.1) is 0 Å². The Kier molecular flexibility index (Phi) is 7.07. The zero-order valence-corrected chi connectivity index (χ0v) is 14.2. The Morgan fingerprint density at radius 1 is 1.22 bits per heavy atom. The van der Waals surface area contributed by atoms with Gasteiger partial charge in [0.1, 0.15) is 11.3 Å². The Morgan fingerprint density at radius 2 is 2.04 bits per heavy atom. The van der Waals surface area contributed by atoms with Crippen LogP contribution in [0.3, 0.4) is 0 Å². The van der Waals surface area contributed by atoms with Crippen molar-refractivity contribution < 1.29 is 9.53 Å². The summed E-state index contributed by atoms with van der Waals surface area (Å²) in [6.45, 7) is 6.36. The van der Waals surface area contributed by atoms with E-state index >= 15 is 0 Å². The maximum absolute atomic E-state index is 12.5. The van der Waals surface area contributed by atoms with Gasteiger partial charge in [0, 0.05) is 26.0 Å². The topological polar surface area (TPSA) is 55.6 Å². The van der Waals surface area contributed by atoms with E-state index in [4.69, 9.17) is 4.74 Å². The third-order valence-electron chi connectivity index (χ3n) is 3.70. The molecule has 0 aromatic carbocycles. The third kappa shape index (κ3) is 4.79. The number of carbonyl (C=O) groups is 1. The molecule has 0 fully saturated rings. The Hall–Kier alpha value is -1.88. The second kappa shape index (κ2) is 9.30. The highest BCUT2D eigenvalue weighted by atomic mass is 16.5. The normalized spacial score (nSPS) is 11.0. The van der Waals surface area contributed by atoms with Crippen LogP contribution in [0.1, 0.15) is 55.7 Å². The van der Waals surface area contributed by atoms with Gasteiger partial charge in [0.2, 0.25) is 0 Å². The zero-order valence-electron chi connectivity index (χ0n) is 14.2. The molecule has 0 atom stereocenters. The van der Waals surface area contributed by atoms with Crippen LogP contribution in [0.5, 0.6) is 0 Å².